The van der Waals surface area contributed by atoms with Crippen molar-refractivity contribution in [2.24, 2.45) is 11.8 Å². The van der Waals surface area contributed by atoms with E-state index in [2.05, 4.69) is 20.8 Å². The van der Waals surface area contributed by atoms with Gasteiger partial charge in [-0.25, -0.2) is 0 Å². The molecule has 6 nitrogen and oxygen atoms in total. The molecule has 1 aliphatic rings. The number of amides is 2. The Morgan fingerprint density at radius 1 is 1.31 bits per heavy atom. The zero-order chi connectivity index (χ0) is 18.7. The van der Waals surface area contributed by atoms with Gasteiger partial charge in [-0.2, -0.15) is 0 Å². The zero-order valence-electron chi connectivity index (χ0n) is 15.3. The number of carbonyl (C=O) groups is 2. The average molecular weight is 372 g/mol. The highest BCUT2D eigenvalue weighted by molar-refractivity contribution is 7.18. The van der Waals surface area contributed by atoms with Crippen LogP contribution in [0.15, 0.2) is 24.3 Å². The highest BCUT2D eigenvalue weighted by atomic mass is 32.1. The smallest absolute Gasteiger partial charge is 0.249 e. The van der Waals surface area contributed by atoms with E-state index in [4.69, 9.17) is 0 Å². The van der Waals surface area contributed by atoms with Crippen molar-refractivity contribution in [1.82, 2.24) is 15.5 Å². The van der Waals surface area contributed by atoms with Crippen LogP contribution in [0.4, 0.5) is 5.13 Å². The van der Waals surface area contributed by atoms with Gasteiger partial charge in [-0.3, -0.25) is 14.9 Å². The first-order chi connectivity index (χ1) is 12.5. The fourth-order valence-corrected chi connectivity index (χ4v) is 3.41. The summed E-state index contributed by atoms with van der Waals surface area (Å²) in [6, 6.07) is 7.43. The molecule has 0 aliphatic heterocycles. The Labute approximate surface area is 157 Å². The van der Waals surface area contributed by atoms with Crippen molar-refractivity contribution in [3.63, 3.8) is 0 Å². The largest absolute Gasteiger partial charge is 0.344 e. The molecule has 1 aromatic heterocycles. The predicted octanol–water partition coefficient (Wildman–Crippen LogP) is 3.39. The molecule has 0 saturated heterocycles. The molecule has 26 heavy (non-hydrogen) atoms. The Bertz CT molecular complexity index is 800. The van der Waals surface area contributed by atoms with Crippen LogP contribution in [0.2, 0.25) is 0 Å². The molecule has 0 unspecified atom stereocenters. The summed E-state index contributed by atoms with van der Waals surface area (Å²) >= 11 is 1.33. The Morgan fingerprint density at radius 3 is 2.73 bits per heavy atom. The molecule has 1 heterocycles. The van der Waals surface area contributed by atoms with Crippen LogP contribution in [0.5, 0.6) is 0 Å². The number of nitrogens with one attached hydrogen (secondary N) is 2. The molecule has 1 saturated carbocycles. The number of anilines is 1. The van der Waals surface area contributed by atoms with Gasteiger partial charge in [0.1, 0.15) is 11.0 Å². The van der Waals surface area contributed by atoms with Gasteiger partial charge >= 0.3 is 0 Å². The summed E-state index contributed by atoms with van der Waals surface area (Å²) in [5, 5.41) is 15.2. The maximum absolute atomic E-state index is 12.7. The van der Waals surface area contributed by atoms with Gasteiger partial charge in [0.25, 0.3) is 0 Å². The van der Waals surface area contributed by atoms with E-state index in [1.165, 1.54) is 11.3 Å². The number of aromatic nitrogens is 2. The molecule has 2 N–H and O–H groups in total. The molecule has 1 aromatic carbocycles. The molecule has 2 amide bonds. The van der Waals surface area contributed by atoms with E-state index in [9.17, 15) is 9.59 Å². The van der Waals surface area contributed by atoms with Crippen LogP contribution in [0.1, 0.15) is 38.7 Å². The third-order valence-electron chi connectivity index (χ3n) is 4.66. The number of nitrogens with zero attached hydrogens (tertiary/aromatic N) is 2. The second kappa shape index (κ2) is 7.95. The highest BCUT2D eigenvalue weighted by Gasteiger charge is 2.34. The molecule has 0 bridgehead atoms. The molecular formula is C19H24N4O2S. The molecule has 0 radical (unpaired) electrons. The quantitative estimate of drug-likeness (QED) is 0.780. The number of hydrogen-bond donors (Lipinski definition) is 2. The zero-order valence-corrected chi connectivity index (χ0v) is 16.1. The van der Waals surface area contributed by atoms with Crippen LogP contribution in [0, 0.1) is 18.8 Å². The number of aryl methyl sites for hydroxylation is 1. The van der Waals surface area contributed by atoms with Crippen LogP contribution in [-0.4, -0.2) is 28.1 Å². The lowest BCUT2D eigenvalue weighted by atomic mass is 9.98. The fraction of sp³-hybridized carbons (Fsp3) is 0.474. The predicted molar refractivity (Wildman–Crippen MR) is 103 cm³/mol. The molecule has 1 fully saturated rings. The van der Waals surface area contributed by atoms with E-state index in [1.54, 1.807) is 0 Å². The maximum atomic E-state index is 12.7. The van der Waals surface area contributed by atoms with Crippen LogP contribution in [-0.2, 0) is 9.59 Å². The maximum Gasteiger partial charge on any atom is 0.249 e. The van der Waals surface area contributed by atoms with Gasteiger partial charge in [0.15, 0.2) is 0 Å². The summed E-state index contributed by atoms with van der Waals surface area (Å²) in [4.78, 5) is 24.8. The molecule has 3 rings (SSSR count). The second-order valence-electron chi connectivity index (χ2n) is 6.92. The Kier molecular flexibility index (Phi) is 5.66. The van der Waals surface area contributed by atoms with Crippen molar-refractivity contribution in [2.75, 3.05) is 5.32 Å². The minimum absolute atomic E-state index is 0.0248. The van der Waals surface area contributed by atoms with Gasteiger partial charge in [-0.05, 0) is 31.7 Å². The first kappa shape index (κ1) is 18.5. The van der Waals surface area contributed by atoms with Gasteiger partial charge in [0.2, 0.25) is 16.9 Å². The minimum atomic E-state index is -0.556. The number of benzene rings is 1. The molecule has 7 heteroatoms. The van der Waals surface area contributed by atoms with Crippen LogP contribution in [0.25, 0.3) is 10.6 Å². The summed E-state index contributed by atoms with van der Waals surface area (Å²) in [6.45, 7) is 6.00. The van der Waals surface area contributed by atoms with Crippen LogP contribution in [0.3, 0.4) is 0 Å². The van der Waals surface area contributed by atoms with Crippen molar-refractivity contribution in [1.29, 1.82) is 0 Å². The number of rotatable bonds is 7. The van der Waals surface area contributed by atoms with Crippen molar-refractivity contribution >= 4 is 28.3 Å². The van der Waals surface area contributed by atoms with Gasteiger partial charge in [0.05, 0.1) is 0 Å². The van der Waals surface area contributed by atoms with E-state index in [1.807, 2.05) is 45.0 Å². The topological polar surface area (TPSA) is 84.0 Å². The van der Waals surface area contributed by atoms with Crippen molar-refractivity contribution in [2.45, 2.75) is 46.1 Å². The van der Waals surface area contributed by atoms with Crippen molar-refractivity contribution < 1.29 is 9.59 Å². The lowest BCUT2D eigenvalue weighted by Gasteiger charge is -2.22. The molecule has 2 aromatic rings. The summed E-state index contributed by atoms with van der Waals surface area (Å²) in [5.41, 5.74) is 2.12. The summed E-state index contributed by atoms with van der Waals surface area (Å²) in [7, 11) is 0. The van der Waals surface area contributed by atoms with E-state index >= 15 is 0 Å². The van der Waals surface area contributed by atoms with Crippen molar-refractivity contribution in [3.8, 4) is 10.6 Å². The second-order valence-corrected chi connectivity index (χ2v) is 7.89. The summed E-state index contributed by atoms with van der Waals surface area (Å²) in [6.07, 6.45) is 2.63. The van der Waals surface area contributed by atoms with E-state index < -0.39 is 6.04 Å². The highest BCUT2D eigenvalue weighted by Crippen LogP contribution is 2.30. The standard InChI is InChI=1S/C19H24N4O2S/c1-4-12(3)15(20-16(24)13-8-9-13)17(25)21-19-23-22-18(26-19)14-7-5-6-11(2)10-14/h5-7,10,12-13,15H,4,8-9H2,1-3H3,(H,20,24)(H,21,23,25)/t12-,15+/m1/s1. The van der Waals surface area contributed by atoms with Gasteiger partial charge < -0.3 is 5.32 Å². The molecule has 138 valence electrons. The Morgan fingerprint density at radius 2 is 2.08 bits per heavy atom. The normalized spacial score (nSPS) is 16.0. The lowest BCUT2D eigenvalue weighted by molar-refractivity contribution is -0.128. The molecular weight excluding hydrogens is 348 g/mol. The van der Waals surface area contributed by atoms with Gasteiger partial charge in [-0.1, -0.05) is 55.4 Å². The van der Waals surface area contributed by atoms with Crippen molar-refractivity contribution in [3.05, 3.63) is 29.8 Å². The number of carbonyl (C=O) groups excluding carboxylic acids is 2. The first-order valence-electron chi connectivity index (χ1n) is 8.99. The minimum Gasteiger partial charge on any atom is -0.344 e. The molecule has 1 aliphatic carbocycles. The summed E-state index contributed by atoms with van der Waals surface area (Å²) < 4.78 is 0. The third-order valence-corrected chi connectivity index (χ3v) is 5.55. The summed E-state index contributed by atoms with van der Waals surface area (Å²) in [5.74, 6) is -0.144. The van der Waals surface area contributed by atoms with Crippen LogP contribution < -0.4 is 10.6 Å². The van der Waals surface area contributed by atoms with Gasteiger partial charge in [-0.15, -0.1) is 10.2 Å². The average Bonchev–Trinajstić information content (AvgIpc) is 3.38. The third kappa shape index (κ3) is 4.46. The van der Waals surface area contributed by atoms with E-state index in [-0.39, 0.29) is 23.7 Å². The van der Waals surface area contributed by atoms with Crippen LogP contribution >= 0.6 is 11.3 Å². The van der Waals surface area contributed by atoms with E-state index in [0.29, 0.717) is 5.13 Å². The fourth-order valence-electron chi connectivity index (χ4n) is 2.67. The molecule has 0 spiro atoms. The first-order valence-corrected chi connectivity index (χ1v) is 9.81. The Hall–Kier alpha value is -2.28. The monoisotopic (exact) mass is 372 g/mol. The lowest BCUT2D eigenvalue weighted by Crippen LogP contribution is -2.48. The Balaban J connectivity index is 1.69. The molecule has 2 atom stereocenters. The SMILES string of the molecule is CC[C@@H](C)[C@H](NC(=O)C1CC1)C(=O)Nc1nnc(-c2cccc(C)c2)s1. The van der Waals surface area contributed by atoms with Gasteiger partial charge in [0, 0.05) is 11.5 Å². The van der Waals surface area contributed by atoms with E-state index in [0.717, 1.165) is 35.4 Å². The number of hydrogen-bond acceptors (Lipinski definition) is 5.